The second-order valence-corrected chi connectivity index (χ2v) is 4.39. The van der Waals surface area contributed by atoms with Gasteiger partial charge >= 0.3 is 0 Å². The number of benzene rings is 2. The van der Waals surface area contributed by atoms with Crippen LogP contribution in [0.25, 0.3) is 0 Å². The first-order valence-electron chi connectivity index (χ1n) is 6.25. The van der Waals surface area contributed by atoms with Crippen molar-refractivity contribution >= 4 is 5.71 Å². The molecule has 2 aromatic carbocycles. The van der Waals surface area contributed by atoms with Gasteiger partial charge in [-0.2, -0.15) is 5.26 Å². The van der Waals surface area contributed by atoms with Crippen LogP contribution in [-0.4, -0.2) is 10.9 Å². The van der Waals surface area contributed by atoms with Crippen LogP contribution in [0, 0.1) is 17.1 Å². The summed E-state index contributed by atoms with van der Waals surface area (Å²) in [6.07, 6.45) is 0. The average Bonchev–Trinajstić information content (AvgIpc) is 2.53. The van der Waals surface area contributed by atoms with Gasteiger partial charge in [0.25, 0.3) is 0 Å². The maximum atomic E-state index is 13.8. The fraction of sp³-hybridized carbons (Fsp3) is 0.125. The van der Waals surface area contributed by atoms with Crippen molar-refractivity contribution in [1.82, 2.24) is 0 Å². The molecule has 0 aliphatic heterocycles. The normalized spacial score (nSPS) is 11.0. The molecule has 1 N–H and O–H groups in total. The standard InChI is InChI=1S/C16H13FN2O2/c1-11(19-20)14-4-2-3-5-16(14)21-10-13-7-6-12(9-18)8-15(13)17/h2-8,20H,10H2,1H3/b19-11+. The van der Waals surface area contributed by atoms with E-state index in [0.29, 0.717) is 22.6 Å². The van der Waals surface area contributed by atoms with Crippen LogP contribution in [0.3, 0.4) is 0 Å². The molecule has 0 saturated heterocycles. The Hall–Kier alpha value is -2.87. The van der Waals surface area contributed by atoms with E-state index in [2.05, 4.69) is 5.16 Å². The minimum Gasteiger partial charge on any atom is -0.488 e. The van der Waals surface area contributed by atoms with E-state index < -0.39 is 5.82 Å². The molecule has 0 amide bonds. The number of hydrogen-bond donors (Lipinski definition) is 1. The molecule has 0 aliphatic carbocycles. The molecule has 0 spiro atoms. The molecule has 0 radical (unpaired) electrons. The lowest BCUT2D eigenvalue weighted by atomic mass is 10.1. The van der Waals surface area contributed by atoms with Gasteiger partial charge in [-0.3, -0.25) is 0 Å². The lowest BCUT2D eigenvalue weighted by molar-refractivity contribution is 0.297. The molecule has 0 atom stereocenters. The summed E-state index contributed by atoms with van der Waals surface area (Å²) in [4.78, 5) is 0. The van der Waals surface area contributed by atoms with Crippen molar-refractivity contribution in [3.05, 3.63) is 65.0 Å². The lowest BCUT2D eigenvalue weighted by Crippen LogP contribution is -2.03. The summed E-state index contributed by atoms with van der Waals surface area (Å²) in [7, 11) is 0. The Kier molecular flexibility index (Phi) is 4.52. The van der Waals surface area contributed by atoms with E-state index in [1.807, 2.05) is 6.07 Å². The van der Waals surface area contributed by atoms with Gasteiger partial charge in [0.1, 0.15) is 18.2 Å². The van der Waals surface area contributed by atoms with Crippen molar-refractivity contribution in [2.24, 2.45) is 5.16 Å². The Labute approximate surface area is 121 Å². The summed E-state index contributed by atoms with van der Waals surface area (Å²) in [5, 5.41) is 20.7. The summed E-state index contributed by atoms with van der Waals surface area (Å²) in [5.41, 5.74) is 1.65. The second kappa shape index (κ2) is 6.53. The summed E-state index contributed by atoms with van der Waals surface area (Å²) < 4.78 is 19.4. The zero-order valence-electron chi connectivity index (χ0n) is 11.4. The molecule has 0 unspecified atom stereocenters. The predicted molar refractivity (Wildman–Crippen MR) is 75.9 cm³/mol. The third kappa shape index (κ3) is 3.37. The van der Waals surface area contributed by atoms with Crippen LogP contribution in [0.2, 0.25) is 0 Å². The molecule has 5 heteroatoms. The fourth-order valence-electron chi connectivity index (χ4n) is 1.83. The van der Waals surface area contributed by atoms with Crippen molar-refractivity contribution in [1.29, 1.82) is 5.26 Å². The van der Waals surface area contributed by atoms with E-state index in [-0.39, 0.29) is 12.2 Å². The predicted octanol–water partition coefficient (Wildman–Crippen LogP) is 3.47. The lowest BCUT2D eigenvalue weighted by Gasteiger charge is -2.11. The Morgan fingerprint density at radius 1 is 1.33 bits per heavy atom. The third-order valence-corrected chi connectivity index (χ3v) is 2.99. The number of para-hydroxylation sites is 1. The second-order valence-electron chi connectivity index (χ2n) is 4.39. The molecule has 106 valence electrons. The van der Waals surface area contributed by atoms with E-state index in [1.54, 1.807) is 31.2 Å². The Morgan fingerprint density at radius 3 is 2.76 bits per heavy atom. The number of hydrogen-bond acceptors (Lipinski definition) is 4. The highest BCUT2D eigenvalue weighted by atomic mass is 19.1. The van der Waals surface area contributed by atoms with E-state index in [0.717, 1.165) is 0 Å². The number of halogens is 1. The molecule has 21 heavy (non-hydrogen) atoms. The number of rotatable bonds is 4. The van der Waals surface area contributed by atoms with E-state index in [9.17, 15) is 4.39 Å². The van der Waals surface area contributed by atoms with Gasteiger partial charge < -0.3 is 9.94 Å². The summed E-state index contributed by atoms with van der Waals surface area (Å²) >= 11 is 0. The topological polar surface area (TPSA) is 65.6 Å². The average molecular weight is 284 g/mol. The summed E-state index contributed by atoms with van der Waals surface area (Å²) in [6.45, 7) is 1.66. The van der Waals surface area contributed by atoms with Gasteiger partial charge in [0.2, 0.25) is 0 Å². The van der Waals surface area contributed by atoms with E-state index in [4.69, 9.17) is 15.2 Å². The maximum Gasteiger partial charge on any atom is 0.131 e. The molecule has 0 bridgehead atoms. The van der Waals surface area contributed by atoms with Crippen LogP contribution in [0.15, 0.2) is 47.6 Å². The molecular formula is C16H13FN2O2. The first-order valence-corrected chi connectivity index (χ1v) is 6.25. The van der Waals surface area contributed by atoms with Crippen molar-refractivity contribution in [2.45, 2.75) is 13.5 Å². The van der Waals surface area contributed by atoms with Crippen LogP contribution in [-0.2, 0) is 6.61 Å². The molecule has 0 fully saturated rings. The molecular weight excluding hydrogens is 271 g/mol. The van der Waals surface area contributed by atoms with Crippen LogP contribution >= 0.6 is 0 Å². The Bertz CT molecular complexity index is 720. The molecule has 0 aliphatic rings. The van der Waals surface area contributed by atoms with Crippen molar-refractivity contribution < 1.29 is 14.3 Å². The highest BCUT2D eigenvalue weighted by Gasteiger charge is 2.09. The Balaban J connectivity index is 2.20. The van der Waals surface area contributed by atoms with Gasteiger partial charge in [-0.1, -0.05) is 23.4 Å². The van der Waals surface area contributed by atoms with Crippen LogP contribution < -0.4 is 4.74 Å². The van der Waals surface area contributed by atoms with E-state index in [1.165, 1.54) is 18.2 Å². The molecule has 0 heterocycles. The number of ether oxygens (including phenoxy) is 1. The zero-order valence-corrected chi connectivity index (χ0v) is 11.4. The third-order valence-electron chi connectivity index (χ3n) is 2.99. The smallest absolute Gasteiger partial charge is 0.131 e. The molecule has 0 aromatic heterocycles. The van der Waals surface area contributed by atoms with Crippen LogP contribution in [0.4, 0.5) is 4.39 Å². The first kappa shape index (κ1) is 14.5. The van der Waals surface area contributed by atoms with Gasteiger partial charge in [0.05, 0.1) is 17.3 Å². The summed E-state index contributed by atoms with van der Waals surface area (Å²) in [5.74, 6) is 0.00985. The summed E-state index contributed by atoms with van der Waals surface area (Å²) in [6, 6.07) is 13.1. The SMILES string of the molecule is C/C(=N\O)c1ccccc1OCc1ccc(C#N)cc1F. The van der Waals surface area contributed by atoms with Gasteiger partial charge in [-0.15, -0.1) is 0 Å². The molecule has 2 aromatic rings. The maximum absolute atomic E-state index is 13.8. The van der Waals surface area contributed by atoms with Crippen LogP contribution in [0.5, 0.6) is 5.75 Å². The van der Waals surface area contributed by atoms with Crippen molar-refractivity contribution in [3.8, 4) is 11.8 Å². The largest absolute Gasteiger partial charge is 0.488 e. The first-order chi connectivity index (χ1) is 10.2. The number of nitriles is 1. The van der Waals surface area contributed by atoms with Gasteiger partial charge in [0.15, 0.2) is 0 Å². The molecule has 0 saturated carbocycles. The van der Waals surface area contributed by atoms with Crippen molar-refractivity contribution in [2.75, 3.05) is 0 Å². The number of oxime groups is 1. The van der Waals surface area contributed by atoms with E-state index >= 15 is 0 Å². The van der Waals surface area contributed by atoms with Gasteiger partial charge in [-0.25, -0.2) is 4.39 Å². The van der Waals surface area contributed by atoms with Gasteiger partial charge in [0, 0.05) is 11.1 Å². The minimum absolute atomic E-state index is 0.0211. The quantitative estimate of drug-likeness (QED) is 0.531. The van der Waals surface area contributed by atoms with Crippen LogP contribution in [0.1, 0.15) is 23.6 Å². The highest BCUT2D eigenvalue weighted by Crippen LogP contribution is 2.21. The van der Waals surface area contributed by atoms with Gasteiger partial charge in [-0.05, 0) is 31.2 Å². The Morgan fingerprint density at radius 2 is 2.10 bits per heavy atom. The monoisotopic (exact) mass is 284 g/mol. The minimum atomic E-state index is -0.487. The highest BCUT2D eigenvalue weighted by molar-refractivity contribution is 6.00. The number of nitrogens with zero attached hydrogens (tertiary/aromatic N) is 2. The zero-order chi connectivity index (χ0) is 15.2. The fourth-order valence-corrected chi connectivity index (χ4v) is 1.83. The molecule has 2 rings (SSSR count). The van der Waals surface area contributed by atoms with Crippen molar-refractivity contribution in [3.63, 3.8) is 0 Å². The molecule has 4 nitrogen and oxygen atoms in total.